The van der Waals surface area contributed by atoms with E-state index < -0.39 is 0 Å². The number of benzene rings is 1. The molecule has 0 saturated carbocycles. The molecule has 0 radical (unpaired) electrons. The molecule has 3 rings (SSSR count). The molecule has 2 amide bonds. The van der Waals surface area contributed by atoms with Crippen LogP contribution in [0.2, 0.25) is 0 Å². The molecule has 1 aromatic rings. The number of anilines is 2. The highest BCUT2D eigenvalue weighted by Crippen LogP contribution is 2.31. The zero-order chi connectivity index (χ0) is 20.3. The molecule has 2 aliphatic heterocycles. The van der Waals surface area contributed by atoms with Crippen LogP contribution in [0.5, 0.6) is 0 Å². The molecule has 0 aromatic heterocycles. The lowest BCUT2D eigenvalue weighted by atomic mass is 9.96. The Kier molecular flexibility index (Phi) is 6.63. The molecular formula is C23H35N3O2. The summed E-state index contributed by atoms with van der Waals surface area (Å²) < 4.78 is 0. The second-order valence-electron chi connectivity index (χ2n) is 9.02. The predicted molar refractivity (Wildman–Crippen MR) is 115 cm³/mol. The average Bonchev–Trinajstić information content (AvgIpc) is 2.68. The number of nitrogens with one attached hydrogen (secondary N) is 1. The highest BCUT2D eigenvalue weighted by atomic mass is 16.2. The van der Waals surface area contributed by atoms with Crippen LogP contribution >= 0.6 is 0 Å². The Balaban J connectivity index is 1.87. The molecule has 0 spiro atoms. The summed E-state index contributed by atoms with van der Waals surface area (Å²) in [6.45, 7) is 11.9. The SMILES string of the molecule is CC1CCN(C(=O)c2cc(NC(=O)C(C)C)ccc2N2CCC(C)CC2)CC1. The van der Waals surface area contributed by atoms with Gasteiger partial charge in [0.1, 0.15) is 0 Å². The van der Waals surface area contributed by atoms with Gasteiger partial charge in [-0.3, -0.25) is 9.59 Å². The van der Waals surface area contributed by atoms with Crippen molar-refractivity contribution in [2.75, 3.05) is 36.4 Å². The molecule has 2 fully saturated rings. The second kappa shape index (κ2) is 8.97. The summed E-state index contributed by atoms with van der Waals surface area (Å²) in [5.41, 5.74) is 2.45. The maximum Gasteiger partial charge on any atom is 0.256 e. The molecule has 5 heteroatoms. The van der Waals surface area contributed by atoms with Crippen LogP contribution in [0, 0.1) is 17.8 Å². The van der Waals surface area contributed by atoms with E-state index in [-0.39, 0.29) is 17.7 Å². The summed E-state index contributed by atoms with van der Waals surface area (Å²) >= 11 is 0. The van der Waals surface area contributed by atoms with Crippen molar-refractivity contribution in [3.05, 3.63) is 23.8 Å². The highest BCUT2D eigenvalue weighted by molar-refractivity contribution is 6.02. The van der Waals surface area contributed by atoms with Gasteiger partial charge in [0.2, 0.25) is 5.91 Å². The van der Waals surface area contributed by atoms with Gasteiger partial charge in [-0.2, -0.15) is 0 Å². The van der Waals surface area contributed by atoms with Crippen LogP contribution < -0.4 is 10.2 Å². The normalized spacial score (nSPS) is 19.2. The maximum atomic E-state index is 13.4. The standard InChI is InChI=1S/C23H35N3O2/c1-16(2)22(27)24-19-5-6-21(25-11-7-17(3)8-12-25)20(15-19)23(28)26-13-9-18(4)10-14-26/h5-6,15-18H,7-14H2,1-4H3,(H,24,27). The lowest BCUT2D eigenvalue weighted by Crippen LogP contribution is -2.40. The van der Waals surface area contributed by atoms with Crippen molar-refractivity contribution in [3.8, 4) is 0 Å². The summed E-state index contributed by atoms with van der Waals surface area (Å²) in [4.78, 5) is 29.9. The topological polar surface area (TPSA) is 52.7 Å². The smallest absolute Gasteiger partial charge is 0.256 e. The summed E-state index contributed by atoms with van der Waals surface area (Å²) in [6.07, 6.45) is 4.43. The van der Waals surface area contributed by atoms with Crippen LogP contribution in [0.15, 0.2) is 18.2 Å². The highest BCUT2D eigenvalue weighted by Gasteiger charge is 2.27. The summed E-state index contributed by atoms with van der Waals surface area (Å²) in [7, 11) is 0. The molecule has 1 aromatic carbocycles. The van der Waals surface area contributed by atoms with Crippen LogP contribution in [0.3, 0.4) is 0 Å². The number of nitrogens with zero attached hydrogens (tertiary/aromatic N) is 2. The van der Waals surface area contributed by atoms with Gasteiger partial charge in [0.25, 0.3) is 5.91 Å². The fourth-order valence-electron chi connectivity index (χ4n) is 3.98. The largest absolute Gasteiger partial charge is 0.371 e. The number of likely N-dealkylation sites (tertiary alicyclic amines) is 1. The van der Waals surface area contributed by atoms with E-state index in [0.29, 0.717) is 11.6 Å². The van der Waals surface area contributed by atoms with E-state index in [1.165, 1.54) is 0 Å². The maximum absolute atomic E-state index is 13.4. The molecule has 0 unspecified atom stereocenters. The van der Waals surface area contributed by atoms with Crippen LogP contribution in [0.1, 0.15) is 63.7 Å². The third-order valence-corrected chi connectivity index (χ3v) is 6.21. The van der Waals surface area contributed by atoms with E-state index in [1.807, 2.05) is 36.9 Å². The molecular weight excluding hydrogens is 350 g/mol. The van der Waals surface area contributed by atoms with E-state index in [9.17, 15) is 9.59 Å². The van der Waals surface area contributed by atoms with Gasteiger partial charge in [0.15, 0.2) is 0 Å². The van der Waals surface area contributed by atoms with Gasteiger partial charge in [-0.05, 0) is 55.7 Å². The molecule has 0 atom stereocenters. The number of carbonyl (C=O) groups is 2. The van der Waals surface area contributed by atoms with E-state index in [1.54, 1.807) is 0 Å². The average molecular weight is 386 g/mol. The zero-order valence-corrected chi connectivity index (χ0v) is 17.8. The van der Waals surface area contributed by atoms with Crippen molar-refractivity contribution in [1.82, 2.24) is 4.90 Å². The van der Waals surface area contributed by atoms with Crippen molar-refractivity contribution in [3.63, 3.8) is 0 Å². The molecule has 5 nitrogen and oxygen atoms in total. The summed E-state index contributed by atoms with van der Waals surface area (Å²) in [6, 6.07) is 5.84. The summed E-state index contributed by atoms with van der Waals surface area (Å²) in [5, 5.41) is 2.96. The fourth-order valence-corrected chi connectivity index (χ4v) is 3.98. The van der Waals surface area contributed by atoms with Crippen LogP contribution in [-0.2, 0) is 4.79 Å². The van der Waals surface area contributed by atoms with Crippen molar-refractivity contribution in [1.29, 1.82) is 0 Å². The van der Waals surface area contributed by atoms with E-state index >= 15 is 0 Å². The first kappa shape index (κ1) is 20.7. The minimum absolute atomic E-state index is 0.0234. The Morgan fingerprint density at radius 2 is 1.54 bits per heavy atom. The third-order valence-electron chi connectivity index (χ3n) is 6.21. The van der Waals surface area contributed by atoms with Gasteiger partial charge in [-0.25, -0.2) is 0 Å². The Morgan fingerprint density at radius 3 is 2.11 bits per heavy atom. The Labute approximate surface area is 169 Å². The van der Waals surface area contributed by atoms with Crippen molar-refractivity contribution in [2.45, 2.75) is 53.4 Å². The number of piperidine rings is 2. The van der Waals surface area contributed by atoms with Crippen molar-refractivity contribution in [2.24, 2.45) is 17.8 Å². The van der Waals surface area contributed by atoms with E-state index in [0.717, 1.165) is 69.0 Å². The quantitative estimate of drug-likeness (QED) is 0.836. The van der Waals surface area contributed by atoms with Crippen molar-refractivity contribution < 1.29 is 9.59 Å². The third kappa shape index (κ3) is 4.86. The monoisotopic (exact) mass is 385 g/mol. The Bertz CT molecular complexity index is 700. The van der Waals surface area contributed by atoms with Crippen LogP contribution in [0.4, 0.5) is 11.4 Å². The van der Waals surface area contributed by atoms with Gasteiger partial charge >= 0.3 is 0 Å². The minimum Gasteiger partial charge on any atom is -0.371 e. The van der Waals surface area contributed by atoms with Gasteiger partial charge in [-0.1, -0.05) is 27.7 Å². The van der Waals surface area contributed by atoms with Crippen LogP contribution in [-0.4, -0.2) is 42.9 Å². The Hall–Kier alpha value is -2.04. The number of hydrogen-bond donors (Lipinski definition) is 1. The first-order valence-corrected chi connectivity index (χ1v) is 10.8. The van der Waals surface area contributed by atoms with Crippen molar-refractivity contribution >= 4 is 23.2 Å². The van der Waals surface area contributed by atoms with Gasteiger partial charge in [-0.15, -0.1) is 0 Å². The zero-order valence-electron chi connectivity index (χ0n) is 17.8. The number of rotatable bonds is 4. The molecule has 2 aliphatic rings. The van der Waals surface area contributed by atoms with E-state index in [2.05, 4.69) is 24.1 Å². The van der Waals surface area contributed by atoms with Gasteiger partial charge in [0.05, 0.1) is 5.56 Å². The van der Waals surface area contributed by atoms with Gasteiger partial charge < -0.3 is 15.1 Å². The lowest BCUT2D eigenvalue weighted by Gasteiger charge is -2.35. The lowest BCUT2D eigenvalue weighted by molar-refractivity contribution is -0.118. The molecule has 28 heavy (non-hydrogen) atoms. The number of hydrogen-bond acceptors (Lipinski definition) is 3. The Morgan fingerprint density at radius 1 is 0.964 bits per heavy atom. The number of carbonyl (C=O) groups excluding carboxylic acids is 2. The molecule has 2 saturated heterocycles. The van der Waals surface area contributed by atoms with Gasteiger partial charge in [0, 0.05) is 43.5 Å². The first-order chi connectivity index (χ1) is 13.3. The first-order valence-electron chi connectivity index (χ1n) is 10.8. The second-order valence-corrected chi connectivity index (χ2v) is 9.02. The molecule has 0 bridgehead atoms. The predicted octanol–water partition coefficient (Wildman–Crippen LogP) is 4.39. The molecule has 1 N–H and O–H groups in total. The fraction of sp³-hybridized carbons (Fsp3) is 0.652. The number of amides is 2. The minimum atomic E-state index is -0.0917. The molecule has 2 heterocycles. The molecule has 0 aliphatic carbocycles. The van der Waals surface area contributed by atoms with E-state index in [4.69, 9.17) is 0 Å². The van der Waals surface area contributed by atoms with Crippen LogP contribution in [0.25, 0.3) is 0 Å². The summed E-state index contributed by atoms with van der Waals surface area (Å²) in [5.74, 6) is 1.41. The molecule has 154 valence electrons.